The highest BCUT2D eigenvalue weighted by Gasteiger charge is 2.46. The average Bonchev–Trinajstić information content (AvgIpc) is 2.83. The van der Waals surface area contributed by atoms with Crippen LogP contribution in [0.15, 0.2) is 11.0 Å². The summed E-state index contributed by atoms with van der Waals surface area (Å²) in [5, 5.41) is 12.5. The fourth-order valence-electron chi connectivity index (χ4n) is 3.14. The number of hydrogen-bond acceptors (Lipinski definition) is 4. The number of nitrogens with one attached hydrogen (secondary N) is 1. The maximum absolute atomic E-state index is 12.6. The molecular weight excluding hydrogens is 270 g/mol. The SMILES string of the molecule is CCCNc1cnc2n(c1=O)[C@H](C(=O)O)CC2(CC)CC. The summed E-state index contributed by atoms with van der Waals surface area (Å²) in [6, 6.07) is -0.816. The van der Waals surface area contributed by atoms with Crippen LogP contribution in [0.5, 0.6) is 0 Å². The van der Waals surface area contributed by atoms with Crippen LogP contribution in [0.1, 0.15) is 58.3 Å². The molecule has 1 aliphatic heterocycles. The molecule has 2 rings (SSSR count). The minimum Gasteiger partial charge on any atom is -0.480 e. The topological polar surface area (TPSA) is 84.2 Å². The quantitative estimate of drug-likeness (QED) is 0.839. The van der Waals surface area contributed by atoms with Crippen LogP contribution in [0.2, 0.25) is 0 Å². The number of carboxylic acid groups (broad SMARTS) is 1. The number of nitrogens with zero attached hydrogens (tertiary/aromatic N) is 2. The molecule has 0 fully saturated rings. The van der Waals surface area contributed by atoms with Gasteiger partial charge in [0.15, 0.2) is 0 Å². The van der Waals surface area contributed by atoms with Crippen molar-refractivity contribution in [1.29, 1.82) is 0 Å². The fraction of sp³-hybridized carbons (Fsp3) is 0.667. The molecule has 0 spiro atoms. The number of anilines is 1. The molecule has 0 bridgehead atoms. The molecule has 6 nitrogen and oxygen atoms in total. The molecule has 116 valence electrons. The molecule has 1 atom stereocenters. The molecule has 0 aromatic carbocycles. The standard InChI is InChI=1S/C15H23N3O3/c1-4-7-16-10-9-17-14-15(5-2,6-3)8-11(13(20)21)18(14)12(10)19/h9,11,16H,4-8H2,1-3H3,(H,20,21)/t11-/m0/s1. The molecule has 6 heteroatoms. The van der Waals surface area contributed by atoms with Crippen molar-refractivity contribution in [3.63, 3.8) is 0 Å². The maximum atomic E-state index is 12.6. The van der Waals surface area contributed by atoms with Gasteiger partial charge in [0.05, 0.1) is 6.20 Å². The summed E-state index contributed by atoms with van der Waals surface area (Å²) in [5.41, 5.74) is -0.203. The molecule has 0 amide bonds. The molecule has 2 heterocycles. The zero-order valence-electron chi connectivity index (χ0n) is 12.8. The van der Waals surface area contributed by atoms with Crippen LogP contribution in [-0.2, 0) is 10.2 Å². The summed E-state index contributed by atoms with van der Waals surface area (Å²) >= 11 is 0. The summed E-state index contributed by atoms with van der Waals surface area (Å²) in [4.78, 5) is 28.6. The third-order valence-electron chi connectivity index (χ3n) is 4.57. The average molecular weight is 293 g/mol. The van der Waals surface area contributed by atoms with E-state index < -0.39 is 12.0 Å². The van der Waals surface area contributed by atoms with Gasteiger partial charge in [0.25, 0.3) is 5.56 Å². The first-order valence-corrected chi connectivity index (χ1v) is 7.59. The van der Waals surface area contributed by atoms with Crippen molar-refractivity contribution in [3.05, 3.63) is 22.4 Å². The van der Waals surface area contributed by atoms with Gasteiger partial charge in [0.2, 0.25) is 0 Å². The maximum Gasteiger partial charge on any atom is 0.326 e. The number of aromatic nitrogens is 2. The Morgan fingerprint density at radius 1 is 1.48 bits per heavy atom. The largest absolute Gasteiger partial charge is 0.480 e. The summed E-state index contributed by atoms with van der Waals surface area (Å²) in [6.45, 7) is 6.71. The van der Waals surface area contributed by atoms with E-state index in [4.69, 9.17) is 0 Å². The predicted molar refractivity (Wildman–Crippen MR) is 80.8 cm³/mol. The first-order valence-electron chi connectivity index (χ1n) is 7.59. The molecule has 0 unspecified atom stereocenters. The highest BCUT2D eigenvalue weighted by Crippen LogP contribution is 2.44. The van der Waals surface area contributed by atoms with E-state index in [0.717, 1.165) is 19.3 Å². The molecule has 0 radical (unpaired) electrons. The van der Waals surface area contributed by atoms with Crippen molar-refractivity contribution >= 4 is 11.7 Å². The summed E-state index contributed by atoms with van der Waals surface area (Å²) in [7, 11) is 0. The first-order chi connectivity index (χ1) is 10.0. The second kappa shape index (κ2) is 5.87. The van der Waals surface area contributed by atoms with Gasteiger partial charge < -0.3 is 10.4 Å². The van der Waals surface area contributed by atoms with Crippen LogP contribution >= 0.6 is 0 Å². The molecule has 0 aliphatic carbocycles. The van der Waals surface area contributed by atoms with Crippen molar-refractivity contribution < 1.29 is 9.90 Å². The fourth-order valence-corrected chi connectivity index (χ4v) is 3.14. The van der Waals surface area contributed by atoms with E-state index in [9.17, 15) is 14.7 Å². The van der Waals surface area contributed by atoms with E-state index in [2.05, 4.69) is 10.3 Å². The second-order valence-electron chi connectivity index (χ2n) is 5.64. The molecule has 1 aromatic heterocycles. The summed E-state index contributed by atoms with van der Waals surface area (Å²) in [6.07, 6.45) is 4.43. The number of rotatable bonds is 6. The van der Waals surface area contributed by atoms with Crippen molar-refractivity contribution in [2.24, 2.45) is 0 Å². The number of carbonyl (C=O) groups is 1. The van der Waals surface area contributed by atoms with Gasteiger partial charge in [-0.2, -0.15) is 0 Å². The van der Waals surface area contributed by atoms with E-state index in [-0.39, 0.29) is 11.0 Å². The van der Waals surface area contributed by atoms with Gasteiger partial charge in [0, 0.05) is 12.0 Å². The molecule has 2 N–H and O–H groups in total. The zero-order chi connectivity index (χ0) is 15.6. The van der Waals surface area contributed by atoms with Crippen molar-refractivity contribution in [2.45, 2.75) is 57.9 Å². The van der Waals surface area contributed by atoms with Crippen LogP contribution in [-0.4, -0.2) is 27.2 Å². The third kappa shape index (κ3) is 2.43. The van der Waals surface area contributed by atoms with Gasteiger partial charge in [-0.25, -0.2) is 9.78 Å². The molecule has 1 aromatic rings. The number of carboxylic acids is 1. The lowest BCUT2D eigenvalue weighted by molar-refractivity contribution is -0.141. The lowest BCUT2D eigenvalue weighted by atomic mass is 9.79. The Labute approximate surface area is 124 Å². The second-order valence-corrected chi connectivity index (χ2v) is 5.64. The van der Waals surface area contributed by atoms with Crippen molar-refractivity contribution in [3.8, 4) is 0 Å². The van der Waals surface area contributed by atoms with Gasteiger partial charge in [-0.3, -0.25) is 9.36 Å². The highest BCUT2D eigenvalue weighted by atomic mass is 16.4. The van der Waals surface area contributed by atoms with Crippen molar-refractivity contribution in [2.75, 3.05) is 11.9 Å². The van der Waals surface area contributed by atoms with Crippen LogP contribution < -0.4 is 10.9 Å². The van der Waals surface area contributed by atoms with Gasteiger partial charge in [-0.15, -0.1) is 0 Å². The van der Waals surface area contributed by atoms with Gasteiger partial charge in [-0.1, -0.05) is 20.8 Å². The van der Waals surface area contributed by atoms with Crippen LogP contribution in [0.4, 0.5) is 5.69 Å². The lowest BCUT2D eigenvalue weighted by Crippen LogP contribution is -2.31. The Hall–Kier alpha value is -1.85. The minimum absolute atomic E-state index is 0.273. The van der Waals surface area contributed by atoms with E-state index in [1.54, 1.807) is 6.20 Å². The van der Waals surface area contributed by atoms with E-state index in [0.29, 0.717) is 24.5 Å². The van der Waals surface area contributed by atoms with Crippen molar-refractivity contribution in [1.82, 2.24) is 9.55 Å². The Morgan fingerprint density at radius 3 is 2.67 bits per heavy atom. The predicted octanol–water partition coefficient (Wildman–Crippen LogP) is 2.15. The van der Waals surface area contributed by atoms with Crippen LogP contribution in [0, 0.1) is 0 Å². The Kier molecular flexibility index (Phi) is 4.34. The Morgan fingerprint density at radius 2 is 2.14 bits per heavy atom. The number of hydrogen-bond donors (Lipinski definition) is 2. The first kappa shape index (κ1) is 15.5. The minimum atomic E-state index is -0.962. The monoisotopic (exact) mass is 293 g/mol. The highest BCUT2D eigenvalue weighted by molar-refractivity contribution is 5.73. The molecule has 1 aliphatic rings. The molecular formula is C15H23N3O3. The van der Waals surface area contributed by atoms with E-state index in [1.165, 1.54) is 4.57 Å². The summed E-state index contributed by atoms with van der Waals surface area (Å²) < 4.78 is 1.38. The van der Waals surface area contributed by atoms with Crippen LogP contribution in [0.3, 0.4) is 0 Å². The lowest BCUT2D eigenvalue weighted by Gasteiger charge is -2.24. The molecule has 0 saturated carbocycles. The van der Waals surface area contributed by atoms with Crippen LogP contribution in [0.25, 0.3) is 0 Å². The molecule has 21 heavy (non-hydrogen) atoms. The third-order valence-corrected chi connectivity index (χ3v) is 4.57. The summed E-state index contributed by atoms with van der Waals surface area (Å²) in [5.74, 6) is -0.344. The van der Waals surface area contributed by atoms with Gasteiger partial charge in [-0.05, 0) is 25.7 Å². The Balaban J connectivity index is 2.58. The van der Waals surface area contributed by atoms with Gasteiger partial charge in [0.1, 0.15) is 17.6 Å². The van der Waals surface area contributed by atoms with E-state index >= 15 is 0 Å². The smallest absolute Gasteiger partial charge is 0.326 e. The normalized spacial score (nSPS) is 19.3. The molecule has 0 saturated heterocycles. The number of aliphatic carboxylic acids is 1. The van der Waals surface area contributed by atoms with Gasteiger partial charge >= 0.3 is 5.97 Å². The van der Waals surface area contributed by atoms with E-state index in [1.807, 2.05) is 20.8 Å². The zero-order valence-corrected chi connectivity index (χ0v) is 12.8. The number of fused-ring (bicyclic) bond motifs is 1. The Bertz CT molecular complexity index is 590.